The van der Waals surface area contributed by atoms with Crippen LogP contribution in [-0.2, 0) is 14.3 Å². The fraction of sp³-hybridized carbons (Fsp3) is 0.714. The summed E-state index contributed by atoms with van der Waals surface area (Å²) in [5, 5.41) is 20.2. The molecular weight excluding hydrogens is 178 g/mol. The zero-order valence-electron chi connectivity index (χ0n) is 7.06. The quantitative estimate of drug-likeness (QED) is 0.427. The molecule has 0 aromatic carbocycles. The molecule has 1 heterocycles. The minimum atomic E-state index is -1.18. The number of amides is 1. The summed E-state index contributed by atoms with van der Waals surface area (Å²) in [5.41, 5.74) is 0. The van der Waals surface area contributed by atoms with Crippen molar-refractivity contribution in [3.8, 4) is 0 Å². The Labute approximate surface area is 74.5 Å². The van der Waals surface area contributed by atoms with Crippen molar-refractivity contribution in [3.05, 3.63) is 0 Å². The van der Waals surface area contributed by atoms with E-state index in [9.17, 15) is 14.7 Å². The average molecular weight is 189 g/mol. The molecule has 6 nitrogen and oxygen atoms in total. The van der Waals surface area contributed by atoms with Crippen molar-refractivity contribution in [1.29, 1.82) is 0 Å². The second kappa shape index (κ2) is 3.71. The minimum Gasteiger partial charge on any atom is -0.455 e. The molecule has 1 amide bonds. The SMILES string of the molecule is CC(=O)N[C@H]1C(=O)O[C@@H](CO)[C@H]1O. The number of hydrogen-bond donors (Lipinski definition) is 3. The largest absolute Gasteiger partial charge is 0.455 e. The molecule has 0 aromatic heterocycles. The van der Waals surface area contributed by atoms with Crippen molar-refractivity contribution in [1.82, 2.24) is 5.32 Å². The van der Waals surface area contributed by atoms with Gasteiger partial charge < -0.3 is 20.3 Å². The van der Waals surface area contributed by atoms with Gasteiger partial charge in [0.25, 0.3) is 0 Å². The van der Waals surface area contributed by atoms with Crippen molar-refractivity contribution in [2.75, 3.05) is 6.61 Å². The normalized spacial score (nSPS) is 32.8. The van der Waals surface area contributed by atoms with Crippen molar-refractivity contribution >= 4 is 11.9 Å². The van der Waals surface area contributed by atoms with E-state index in [2.05, 4.69) is 10.1 Å². The molecule has 1 aliphatic rings. The topological polar surface area (TPSA) is 95.9 Å². The van der Waals surface area contributed by atoms with E-state index in [0.29, 0.717) is 0 Å². The van der Waals surface area contributed by atoms with Crippen LogP contribution < -0.4 is 5.32 Å². The molecule has 1 saturated heterocycles. The van der Waals surface area contributed by atoms with Gasteiger partial charge in [-0.05, 0) is 0 Å². The Morgan fingerprint density at radius 3 is 2.69 bits per heavy atom. The smallest absolute Gasteiger partial charge is 0.331 e. The van der Waals surface area contributed by atoms with Crippen LogP contribution in [0.25, 0.3) is 0 Å². The Kier molecular flexibility index (Phi) is 2.84. The number of hydrogen-bond acceptors (Lipinski definition) is 5. The number of carbonyl (C=O) groups excluding carboxylic acids is 2. The fourth-order valence-corrected chi connectivity index (χ4v) is 1.15. The number of esters is 1. The van der Waals surface area contributed by atoms with Crippen LogP contribution in [0.3, 0.4) is 0 Å². The van der Waals surface area contributed by atoms with Gasteiger partial charge in [0.2, 0.25) is 5.91 Å². The summed E-state index contributed by atoms with van der Waals surface area (Å²) < 4.78 is 4.58. The third-order valence-electron chi connectivity index (χ3n) is 1.78. The molecule has 6 heteroatoms. The summed E-state index contributed by atoms with van der Waals surface area (Å²) in [6.45, 7) is 0.773. The standard InChI is InChI=1S/C7H11NO5/c1-3(10)8-5-6(11)4(2-9)13-7(5)12/h4-6,9,11H,2H2,1H3,(H,8,10)/t4-,5+,6+/m0/s1. The van der Waals surface area contributed by atoms with Crippen LogP contribution in [0.1, 0.15) is 6.92 Å². The van der Waals surface area contributed by atoms with Gasteiger partial charge in [-0.15, -0.1) is 0 Å². The highest BCUT2D eigenvalue weighted by Gasteiger charge is 2.43. The fourth-order valence-electron chi connectivity index (χ4n) is 1.15. The molecular formula is C7H11NO5. The van der Waals surface area contributed by atoms with Gasteiger partial charge in [-0.1, -0.05) is 0 Å². The highest BCUT2D eigenvalue weighted by atomic mass is 16.6. The summed E-state index contributed by atoms with van der Waals surface area (Å²) in [5.74, 6) is -1.15. The number of carbonyl (C=O) groups is 2. The lowest BCUT2D eigenvalue weighted by molar-refractivity contribution is -0.145. The molecule has 1 aliphatic heterocycles. The second-order valence-corrected chi connectivity index (χ2v) is 2.83. The maximum atomic E-state index is 11.0. The first-order valence-corrected chi connectivity index (χ1v) is 3.82. The van der Waals surface area contributed by atoms with Crippen molar-refractivity contribution < 1.29 is 24.5 Å². The molecule has 0 radical (unpaired) electrons. The van der Waals surface area contributed by atoms with Gasteiger partial charge in [0.15, 0.2) is 12.1 Å². The molecule has 0 aliphatic carbocycles. The Hall–Kier alpha value is -1.14. The molecule has 0 bridgehead atoms. The number of ether oxygens (including phenoxy) is 1. The van der Waals surface area contributed by atoms with E-state index in [1.165, 1.54) is 6.92 Å². The van der Waals surface area contributed by atoms with E-state index >= 15 is 0 Å². The molecule has 0 aromatic rings. The Morgan fingerprint density at radius 2 is 2.31 bits per heavy atom. The van der Waals surface area contributed by atoms with E-state index in [1.54, 1.807) is 0 Å². The summed E-state index contributed by atoms with van der Waals surface area (Å²) in [7, 11) is 0. The maximum absolute atomic E-state index is 11.0. The van der Waals surface area contributed by atoms with Crippen molar-refractivity contribution in [3.63, 3.8) is 0 Å². The minimum absolute atomic E-state index is 0.431. The summed E-state index contributed by atoms with van der Waals surface area (Å²) in [6.07, 6.45) is -2.12. The number of nitrogens with one attached hydrogen (secondary N) is 1. The van der Waals surface area contributed by atoms with Gasteiger partial charge in [0.05, 0.1) is 6.61 Å². The molecule has 74 valence electrons. The zero-order valence-corrected chi connectivity index (χ0v) is 7.06. The zero-order chi connectivity index (χ0) is 10.0. The van der Waals surface area contributed by atoms with E-state index in [1.807, 2.05) is 0 Å². The maximum Gasteiger partial charge on any atom is 0.331 e. The van der Waals surface area contributed by atoms with Crippen LogP contribution in [0.2, 0.25) is 0 Å². The molecule has 3 N–H and O–H groups in total. The summed E-state index contributed by atoms with van der Waals surface area (Å²) in [4.78, 5) is 21.6. The van der Waals surface area contributed by atoms with Crippen LogP contribution in [0, 0.1) is 0 Å². The second-order valence-electron chi connectivity index (χ2n) is 2.83. The molecule has 0 unspecified atom stereocenters. The van der Waals surface area contributed by atoms with E-state index in [-0.39, 0.29) is 0 Å². The molecule has 13 heavy (non-hydrogen) atoms. The average Bonchev–Trinajstić information content (AvgIpc) is 2.31. The van der Waals surface area contributed by atoms with Gasteiger partial charge in [-0.3, -0.25) is 4.79 Å². The highest BCUT2D eigenvalue weighted by molar-refractivity contribution is 5.85. The van der Waals surface area contributed by atoms with Crippen LogP contribution in [0.5, 0.6) is 0 Å². The van der Waals surface area contributed by atoms with Crippen LogP contribution >= 0.6 is 0 Å². The number of cyclic esters (lactones) is 1. The first kappa shape index (κ1) is 9.94. The number of aliphatic hydroxyl groups is 2. The lowest BCUT2D eigenvalue weighted by atomic mass is 10.1. The van der Waals surface area contributed by atoms with Crippen molar-refractivity contribution in [2.24, 2.45) is 0 Å². The Bertz CT molecular complexity index is 229. The number of aliphatic hydroxyl groups excluding tert-OH is 2. The van der Waals surface area contributed by atoms with Gasteiger partial charge in [-0.2, -0.15) is 0 Å². The Balaban J connectivity index is 2.64. The molecule has 0 spiro atoms. The predicted molar refractivity (Wildman–Crippen MR) is 40.6 cm³/mol. The predicted octanol–water partition coefficient (Wildman–Crippen LogP) is -2.23. The third kappa shape index (κ3) is 1.96. The van der Waals surface area contributed by atoms with Crippen LogP contribution in [0.15, 0.2) is 0 Å². The Morgan fingerprint density at radius 1 is 1.69 bits per heavy atom. The van der Waals surface area contributed by atoms with E-state index in [4.69, 9.17) is 5.11 Å². The molecule has 0 saturated carbocycles. The van der Waals surface area contributed by atoms with Gasteiger partial charge >= 0.3 is 5.97 Å². The monoisotopic (exact) mass is 189 g/mol. The van der Waals surface area contributed by atoms with Gasteiger partial charge in [0, 0.05) is 6.92 Å². The van der Waals surface area contributed by atoms with Gasteiger partial charge in [-0.25, -0.2) is 4.79 Å². The van der Waals surface area contributed by atoms with Crippen LogP contribution in [0.4, 0.5) is 0 Å². The lowest BCUT2D eigenvalue weighted by Gasteiger charge is -2.13. The molecule has 1 rings (SSSR count). The highest BCUT2D eigenvalue weighted by Crippen LogP contribution is 2.15. The first-order chi connectivity index (χ1) is 6.06. The van der Waals surface area contributed by atoms with Crippen molar-refractivity contribution in [2.45, 2.75) is 25.2 Å². The third-order valence-corrected chi connectivity index (χ3v) is 1.78. The lowest BCUT2D eigenvalue weighted by Crippen LogP contribution is -2.45. The summed E-state index contributed by atoms with van der Waals surface area (Å²) in [6, 6.07) is -1.06. The van der Waals surface area contributed by atoms with Crippen LogP contribution in [-0.4, -0.2) is 46.9 Å². The van der Waals surface area contributed by atoms with E-state index in [0.717, 1.165) is 0 Å². The van der Waals surface area contributed by atoms with Gasteiger partial charge in [0.1, 0.15) is 6.10 Å². The molecule has 1 fully saturated rings. The number of rotatable bonds is 2. The summed E-state index contributed by atoms with van der Waals surface area (Å²) >= 11 is 0. The first-order valence-electron chi connectivity index (χ1n) is 3.82. The van der Waals surface area contributed by atoms with E-state index < -0.39 is 36.7 Å². The molecule has 3 atom stereocenters.